The molecule has 0 saturated carbocycles. The van der Waals surface area contributed by atoms with Gasteiger partial charge in [0.1, 0.15) is 0 Å². The summed E-state index contributed by atoms with van der Waals surface area (Å²) in [5.74, 6) is 0. The van der Waals surface area contributed by atoms with Crippen molar-refractivity contribution in [2.75, 3.05) is 0 Å². The molecule has 0 aliphatic heterocycles. The first-order valence-electron chi connectivity index (χ1n) is 13.2. The molecule has 0 aliphatic carbocycles. The van der Waals surface area contributed by atoms with E-state index < -0.39 is 0 Å². The first-order valence-corrected chi connectivity index (χ1v) is 13.2. The van der Waals surface area contributed by atoms with E-state index >= 15 is 0 Å². The molecule has 0 atom stereocenters. The molecule has 0 saturated heterocycles. The molecule has 6 aromatic carbocycles. The van der Waals surface area contributed by atoms with Crippen LogP contribution in [0, 0.1) is 19.3 Å². The SMILES string of the molecule is [Cr+3].c1ccc([CH-]c2ccccc2)cc1.c1ccc([CH-]c2ccccc2)cc1.c1ccc([CH-]c2ccccc2)cc1. The van der Waals surface area contributed by atoms with Gasteiger partial charge in [0.15, 0.2) is 0 Å². The van der Waals surface area contributed by atoms with Crippen LogP contribution in [-0.4, -0.2) is 0 Å². The van der Waals surface area contributed by atoms with Crippen molar-refractivity contribution in [2.24, 2.45) is 0 Å². The van der Waals surface area contributed by atoms with E-state index in [0.29, 0.717) is 0 Å². The number of benzene rings is 6. The number of hydrogen-bond acceptors (Lipinski definition) is 0. The summed E-state index contributed by atoms with van der Waals surface area (Å²) < 4.78 is 0. The van der Waals surface area contributed by atoms with Crippen molar-refractivity contribution < 1.29 is 17.4 Å². The molecule has 0 amide bonds. The van der Waals surface area contributed by atoms with Crippen molar-refractivity contribution in [2.45, 2.75) is 0 Å². The maximum absolute atomic E-state index is 2.17. The van der Waals surface area contributed by atoms with Crippen molar-refractivity contribution in [3.05, 3.63) is 235 Å². The molecule has 1 radical (unpaired) electrons. The van der Waals surface area contributed by atoms with Crippen molar-refractivity contribution in [1.29, 1.82) is 0 Å². The van der Waals surface area contributed by atoms with Gasteiger partial charge < -0.3 is 0 Å². The summed E-state index contributed by atoms with van der Waals surface area (Å²) in [5.41, 5.74) is 7.47. The van der Waals surface area contributed by atoms with Gasteiger partial charge in [-0.2, -0.15) is 0 Å². The van der Waals surface area contributed by atoms with Gasteiger partial charge in [-0.3, -0.25) is 0 Å². The summed E-state index contributed by atoms with van der Waals surface area (Å²) in [6.07, 6.45) is 6.50. The zero-order valence-corrected chi connectivity index (χ0v) is 23.7. The molecule has 40 heavy (non-hydrogen) atoms. The zero-order valence-electron chi connectivity index (χ0n) is 22.5. The van der Waals surface area contributed by atoms with Crippen molar-refractivity contribution >= 4 is 0 Å². The first-order chi connectivity index (χ1) is 19.3. The Morgan fingerprint density at radius 2 is 0.325 bits per heavy atom. The van der Waals surface area contributed by atoms with Crippen LogP contribution in [0.4, 0.5) is 0 Å². The van der Waals surface area contributed by atoms with E-state index in [1.165, 1.54) is 33.4 Å². The van der Waals surface area contributed by atoms with Crippen LogP contribution in [0.25, 0.3) is 0 Å². The van der Waals surface area contributed by atoms with Gasteiger partial charge >= 0.3 is 17.4 Å². The molecule has 1 heteroatoms. The summed E-state index contributed by atoms with van der Waals surface area (Å²) in [7, 11) is 0. The topological polar surface area (TPSA) is 0 Å². The van der Waals surface area contributed by atoms with Gasteiger partial charge in [0.2, 0.25) is 0 Å². The van der Waals surface area contributed by atoms with E-state index in [0.717, 1.165) is 0 Å². The standard InChI is InChI=1S/3C13H11.Cr/c3*1-3-7-12(8-4-1)11-13-9-5-2-6-10-13;/h3*1-11H;/q3*-1;+3. The molecular weight excluding hydrogens is 520 g/mol. The first kappa shape index (κ1) is 30.0. The van der Waals surface area contributed by atoms with E-state index in [2.05, 4.69) is 165 Å². The van der Waals surface area contributed by atoms with Crippen LogP contribution in [0.5, 0.6) is 0 Å². The Hall–Kier alpha value is -4.54. The number of hydrogen-bond donors (Lipinski definition) is 0. The Kier molecular flexibility index (Phi) is 13.4. The average molecular weight is 554 g/mol. The minimum absolute atomic E-state index is 0. The van der Waals surface area contributed by atoms with Crippen LogP contribution in [0.2, 0.25) is 0 Å². The molecule has 6 rings (SSSR count). The minimum atomic E-state index is 0. The zero-order chi connectivity index (χ0) is 26.8. The molecule has 0 N–H and O–H groups in total. The predicted molar refractivity (Wildman–Crippen MR) is 166 cm³/mol. The maximum atomic E-state index is 2.17. The Morgan fingerprint density at radius 3 is 0.450 bits per heavy atom. The second kappa shape index (κ2) is 17.9. The fourth-order valence-electron chi connectivity index (χ4n) is 3.87. The quantitative estimate of drug-likeness (QED) is 0.180. The monoisotopic (exact) mass is 553 g/mol. The molecule has 6 aromatic rings. The van der Waals surface area contributed by atoms with Crippen LogP contribution in [0.3, 0.4) is 0 Å². The second-order valence-corrected chi connectivity index (χ2v) is 8.90. The van der Waals surface area contributed by atoms with Crippen molar-refractivity contribution in [1.82, 2.24) is 0 Å². The third-order valence-electron chi connectivity index (χ3n) is 5.80. The minimum Gasteiger partial charge on any atom is -0.126 e. The van der Waals surface area contributed by atoms with Gasteiger partial charge in [-0.25, -0.2) is 0 Å². The molecule has 0 heterocycles. The molecule has 0 fully saturated rings. The normalized spacial score (nSPS) is 9.30. The van der Waals surface area contributed by atoms with Crippen LogP contribution in [0.15, 0.2) is 182 Å². The van der Waals surface area contributed by atoms with Crippen LogP contribution >= 0.6 is 0 Å². The van der Waals surface area contributed by atoms with Crippen LogP contribution < -0.4 is 0 Å². The molecule has 0 spiro atoms. The third-order valence-corrected chi connectivity index (χ3v) is 5.80. The van der Waals surface area contributed by atoms with Gasteiger partial charge in [-0.05, 0) is 0 Å². The van der Waals surface area contributed by atoms with Gasteiger partial charge in [-0.1, -0.05) is 109 Å². The van der Waals surface area contributed by atoms with Crippen LogP contribution in [0.1, 0.15) is 33.4 Å². The fraction of sp³-hybridized carbons (Fsp3) is 0. The molecule has 0 nitrogen and oxygen atoms in total. The molecule has 0 unspecified atom stereocenters. The van der Waals surface area contributed by atoms with E-state index in [1.54, 1.807) is 0 Å². The Bertz CT molecular complexity index is 1120. The van der Waals surface area contributed by atoms with E-state index in [1.807, 2.05) is 36.4 Å². The molecule has 0 bridgehead atoms. The predicted octanol–water partition coefficient (Wildman–Crippen LogP) is 9.86. The van der Waals surface area contributed by atoms with Gasteiger partial charge in [0.25, 0.3) is 0 Å². The van der Waals surface area contributed by atoms with Gasteiger partial charge in [-0.15, -0.1) is 125 Å². The number of rotatable bonds is 6. The molecule has 0 aromatic heterocycles. The van der Waals surface area contributed by atoms with Crippen molar-refractivity contribution in [3.63, 3.8) is 0 Å². The van der Waals surface area contributed by atoms with Gasteiger partial charge in [0.05, 0.1) is 0 Å². The largest absolute Gasteiger partial charge is 3.00 e. The van der Waals surface area contributed by atoms with Crippen LogP contribution in [-0.2, 0) is 17.4 Å². The maximum Gasteiger partial charge on any atom is 3.00 e. The summed E-state index contributed by atoms with van der Waals surface area (Å²) in [6.45, 7) is 0. The summed E-state index contributed by atoms with van der Waals surface area (Å²) in [6, 6.07) is 62.0. The van der Waals surface area contributed by atoms with E-state index in [4.69, 9.17) is 0 Å². The average Bonchev–Trinajstić information content (AvgIpc) is 3.01. The second-order valence-electron chi connectivity index (χ2n) is 8.90. The summed E-state index contributed by atoms with van der Waals surface area (Å²) >= 11 is 0. The Morgan fingerprint density at radius 1 is 0.200 bits per heavy atom. The van der Waals surface area contributed by atoms with E-state index in [9.17, 15) is 0 Å². The fourth-order valence-corrected chi connectivity index (χ4v) is 3.87. The van der Waals surface area contributed by atoms with Crippen molar-refractivity contribution in [3.8, 4) is 0 Å². The smallest absolute Gasteiger partial charge is 0.126 e. The Labute approximate surface area is 251 Å². The van der Waals surface area contributed by atoms with Gasteiger partial charge in [0, 0.05) is 0 Å². The Balaban J connectivity index is 0.000000163. The molecule has 195 valence electrons. The summed E-state index contributed by atoms with van der Waals surface area (Å²) in [5, 5.41) is 0. The molecule has 0 aliphatic rings. The van der Waals surface area contributed by atoms with E-state index in [-0.39, 0.29) is 17.4 Å². The summed E-state index contributed by atoms with van der Waals surface area (Å²) in [4.78, 5) is 0. The molecular formula is C39H33Cr. The third kappa shape index (κ3) is 11.5.